The molecule has 0 aliphatic carbocycles. The van der Waals surface area contributed by atoms with Crippen LogP contribution in [0.5, 0.6) is 0 Å². The van der Waals surface area contributed by atoms with Gasteiger partial charge in [0, 0.05) is 25.7 Å². The lowest BCUT2D eigenvalue weighted by atomic mass is 9.99. The van der Waals surface area contributed by atoms with Crippen LogP contribution < -0.4 is 0 Å². The highest BCUT2D eigenvalue weighted by atomic mass is 31.2. The highest BCUT2D eigenvalue weighted by Gasteiger charge is 2.30. The Balaban J connectivity index is 5.19. The Morgan fingerprint density at radius 2 is 0.475 bits per heavy atom. The van der Waals surface area contributed by atoms with Crippen molar-refractivity contribution in [2.45, 2.75) is 440 Å². The van der Waals surface area contributed by atoms with E-state index in [4.69, 9.17) is 37.0 Å². The molecule has 0 bridgehead atoms. The molecule has 0 rings (SSSR count). The van der Waals surface area contributed by atoms with Crippen LogP contribution in [-0.2, 0) is 65.4 Å². The number of aliphatic hydroxyl groups is 1. The molecule has 5 unspecified atom stereocenters. The number of carbonyl (C=O) groups excluding carboxylic acids is 4. The number of unbranched alkanes of at least 4 members (excludes halogenated alkanes) is 43. The maximum atomic E-state index is 13.1. The second-order valence-electron chi connectivity index (χ2n) is 31.0. The van der Waals surface area contributed by atoms with E-state index < -0.39 is 97.5 Å². The molecule has 600 valence electrons. The highest BCUT2D eigenvalue weighted by molar-refractivity contribution is 7.47. The molecular formula is C82H160O17P2. The van der Waals surface area contributed by atoms with Gasteiger partial charge < -0.3 is 33.8 Å². The van der Waals surface area contributed by atoms with Crippen molar-refractivity contribution in [1.29, 1.82) is 0 Å². The van der Waals surface area contributed by atoms with Gasteiger partial charge >= 0.3 is 39.5 Å². The van der Waals surface area contributed by atoms with Gasteiger partial charge in [0.25, 0.3) is 0 Å². The number of esters is 4. The molecule has 0 fully saturated rings. The molecular weight excluding hydrogens is 1320 g/mol. The Morgan fingerprint density at radius 1 is 0.277 bits per heavy atom. The molecule has 0 aromatic carbocycles. The lowest BCUT2D eigenvalue weighted by Gasteiger charge is -2.21. The molecule has 19 heteroatoms. The van der Waals surface area contributed by atoms with E-state index in [0.29, 0.717) is 31.6 Å². The summed E-state index contributed by atoms with van der Waals surface area (Å²) in [6.07, 6.45) is 58.5. The lowest BCUT2D eigenvalue weighted by molar-refractivity contribution is -0.161. The van der Waals surface area contributed by atoms with Crippen LogP contribution in [0, 0.1) is 23.7 Å². The van der Waals surface area contributed by atoms with E-state index in [1.165, 1.54) is 225 Å². The van der Waals surface area contributed by atoms with E-state index in [9.17, 15) is 43.2 Å². The average molecular weight is 1480 g/mol. The van der Waals surface area contributed by atoms with Crippen molar-refractivity contribution in [3.8, 4) is 0 Å². The van der Waals surface area contributed by atoms with Crippen LogP contribution in [0.2, 0.25) is 0 Å². The van der Waals surface area contributed by atoms with Gasteiger partial charge in [0.15, 0.2) is 12.2 Å². The van der Waals surface area contributed by atoms with Crippen LogP contribution in [0.3, 0.4) is 0 Å². The largest absolute Gasteiger partial charge is 0.472 e. The standard InChI is InChI=1S/C82H160O17P2/c1-9-74(7)60-52-44-36-27-23-19-15-13-11-12-14-16-21-25-29-38-46-54-62-79(84)92-68-77(98-81(86)64-56-48-40-30-26-22-18-17-20-24-28-37-45-53-61-75(8)10-2)70-96-100(88,89)94-66-76(83)67-95-101(90,91)97-71-78(99-82(87)65-57-49-41-33-35-43-51-59-73(5)6)69-93-80(85)63-55-47-39-32-31-34-42-50-58-72(3)4/h72-78,83H,9-71H2,1-8H3,(H,88,89)(H,90,91)/t74?,75?,76?,77-,78-/m1/s1. The zero-order chi connectivity index (χ0) is 74.6. The fourth-order valence-electron chi connectivity index (χ4n) is 12.5. The minimum Gasteiger partial charge on any atom is -0.462 e. The summed E-state index contributed by atoms with van der Waals surface area (Å²) < 4.78 is 68.7. The first-order valence-corrected chi connectivity index (χ1v) is 45.3. The first-order chi connectivity index (χ1) is 48.7. The van der Waals surface area contributed by atoms with Crippen LogP contribution in [0.25, 0.3) is 0 Å². The summed E-state index contributed by atoms with van der Waals surface area (Å²) in [7, 11) is -9.92. The van der Waals surface area contributed by atoms with Gasteiger partial charge in [-0.3, -0.25) is 37.3 Å². The van der Waals surface area contributed by atoms with E-state index in [-0.39, 0.29) is 25.7 Å². The van der Waals surface area contributed by atoms with Gasteiger partial charge in [0.05, 0.1) is 26.4 Å². The third kappa shape index (κ3) is 73.4. The van der Waals surface area contributed by atoms with Crippen molar-refractivity contribution in [3.63, 3.8) is 0 Å². The fraction of sp³-hybridized carbons (Fsp3) is 0.951. The molecule has 0 spiro atoms. The Labute approximate surface area is 619 Å². The fourth-order valence-corrected chi connectivity index (χ4v) is 14.1. The first-order valence-electron chi connectivity index (χ1n) is 42.3. The second kappa shape index (κ2) is 71.0. The predicted octanol–water partition coefficient (Wildman–Crippen LogP) is 24.4. The van der Waals surface area contributed by atoms with E-state index in [1.54, 1.807) is 0 Å². The van der Waals surface area contributed by atoms with Gasteiger partial charge in [-0.2, -0.15) is 0 Å². The highest BCUT2D eigenvalue weighted by Crippen LogP contribution is 2.45. The number of hydrogen-bond donors (Lipinski definition) is 3. The SMILES string of the molecule is CCC(C)CCCCCCCCCCCCCCCCCCCCC(=O)OC[C@H](COP(=O)(O)OCC(O)COP(=O)(O)OC[C@@H](COC(=O)CCCCCCCCCCC(C)C)OC(=O)CCCCCCCCCC(C)C)OC(=O)CCCCCCCCCCCCCCCCC(C)CC. The number of phosphoric acid groups is 2. The third-order valence-corrected chi connectivity index (χ3v) is 21.7. The minimum absolute atomic E-state index is 0.103. The number of aliphatic hydroxyl groups excluding tert-OH is 1. The summed E-state index contributed by atoms with van der Waals surface area (Å²) in [4.78, 5) is 73.0. The Hall–Kier alpha value is -1.94. The number of ether oxygens (including phenoxy) is 4. The Kier molecular flexibility index (Phi) is 69.6. The van der Waals surface area contributed by atoms with E-state index >= 15 is 0 Å². The van der Waals surface area contributed by atoms with Gasteiger partial charge in [0.1, 0.15) is 19.3 Å². The van der Waals surface area contributed by atoms with E-state index in [0.717, 1.165) is 108 Å². The van der Waals surface area contributed by atoms with Gasteiger partial charge in [-0.1, -0.05) is 370 Å². The molecule has 0 aromatic heterocycles. The van der Waals surface area contributed by atoms with Crippen molar-refractivity contribution in [2.75, 3.05) is 39.6 Å². The molecule has 0 saturated carbocycles. The normalized spacial score (nSPS) is 14.5. The number of hydrogen-bond acceptors (Lipinski definition) is 15. The molecule has 0 amide bonds. The lowest BCUT2D eigenvalue weighted by Crippen LogP contribution is -2.30. The van der Waals surface area contributed by atoms with Gasteiger partial charge in [-0.15, -0.1) is 0 Å². The zero-order valence-corrected chi connectivity index (χ0v) is 68.3. The third-order valence-electron chi connectivity index (χ3n) is 19.8. The smallest absolute Gasteiger partial charge is 0.462 e. The summed E-state index contributed by atoms with van der Waals surface area (Å²) in [5.74, 6) is 1.02. The molecule has 0 aromatic rings. The first kappa shape index (κ1) is 99.1. The van der Waals surface area contributed by atoms with E-state index in [1.807, 2.05) is 0 Å². The van der Waals surface area contributed by atoms with Gasteiger partial charge in [0.2, 0.25) is 0 Å². The molecule has 101 heavy (non-hydrogen) atoms. The summed E-state index contributed by atoms with van der Waals surface area (Å²) in [6.45, 7) is 14.3. The zero-order valence-electron chi connectivity index (χ0n) is 66.5. The van der Waals surface area contributed by atoms with Crippen molar-refractivity contribution < 1.29 is 80.2 Å². The molecule has 0 saturated heterocycles. The molecule has 0 aliphatic heterocycles. The van der Waals surface area contributed by atoms with Crippen molar-refractivity contribution in [2.24, 2.45) is 23.7 Å². The number of carbonyl (C=O) groups is 4. The second-order valence-corrected chi connectivity index (χ2v) is 33.9. The topological polar surface area (TPSA) is 237 Å². The molecule has 0 aliphatic rings. The van der Waals surface area contributed by atoms with Crippen molar-refractivity contribution in [3.05, 3.63) is 0 Å². The van der Waals surface area contributed by atoms with E-state index in [2.05, 4.69) is 55.4 Å². The number of phosphoric ester groups is 2. The molecule has 0 radical (unpaired) electrons. The Bertz CT molecular complexity index is 1980. The summed E-state index contributed by atoms with van der Waals surface area (Å²) in [5.41, 5.74) is 0. The monoisotopic (exact) mass is 1480 g/mol. The van der Waals surface area contributed by atoms with Crippen molar-refractivity contribution in [1.82, 2.24) is 0 Å². The van der Waals surface area contributed by atoms with Gasteiger partial charge in [-0.25, -0.2) is 9.13 Å². The van der Waals surface area contributed by atoms with Crippen molar-refractivity contribution >= 4 is 39.5 Å². The summed E-state index contributed by atoms with van der Waals surface area (Å²) >= 11 is 0. The average Bonchev–Trinajstić information content (AvgIpc) is 0.959. The minimum atomic E-state index is -4.96. The van der Waals surface area contributed by atoms with Crippen LogP contribution >= 0.6 is 15.6 Å². The summed E-state index contributed by atoms with van der Waals surface area (Å²) in [6, 6.07) is 0. The maximum Gasteiger partial charge on any atom is 0.472 e. The molecule has 0 heterocycles. The maximum absolute atomic E-state index is 13.1. The van der Waals surface area contributed by atoms with Crippen LogP contribution in [0.4, 0.5) is 0 Å². The molecule has 3 N–H and O–H groups in total. The molecule has 7 atom stereocenters. The quantitative estimate of drug-likeness (QED) is 0.0222. The van der Waals surface area contributed by atoms with Crippen LogP contribution in [0.15, 0.2) is 0 Å². The van der Waals surface area contributed by atoms with Crippen LogP contribution in [0.1, 0.15) is 421 Å². The molecule has 17 nitrogen and oxygen atoms in total. The Morgan fingerprint density at radius 3 is 0.703 bits per heavy atom. The predicted molar refractivity (Wildman–Crippen MR) is 414 cm³/mol. The van der Waals surface area contributed by atoms with Gasteiger partial charge in [-0.05, 0) is 49.4 Å². The van der Waals surface area contributed by atoms with Crippen LogP contribution in [-0.4, -0.2) is 96.7 Å². The summed E-state index contributed by atoms with van der Waals surface area (Å²) in [5, 5.41) is 10.6. The number of rotatable bonds is 79.